The molecule has 0 bridgehead atoms. The largest absolute Gasteiger partial charge is 0.497 e. The van der Waals surface area contributed by atoms with Crippen molar-refractivity contribution in [2.45, 2.75) is 6.42 Å². The maximum absolute atomic E-state index is 12.7. The molecule has 2 aromatic carbocycles. The van der Waals surface area contributed by atoms with Gasteiger partial charge in [0.15, 0.2) is 0 Å². The Morgan fingerprint density at radius 1 is 0.848 bits per heavy atom. The molecule has 2 aromatic rings. The highest BCUT2D eigenvalue weighted by Crippen LogP contribution is 2.21. The average molecular weight is 477 g/mol. The number of hydrogen-bond acceptors (Lipinski definition) is 6. The fourth-order valence-corrected chi connectivity index (χ4v) is 4.95. The van der Waals surface area contributed by atoms with Crippen molar-refractivity contribution in [3.8, 4) is 11.5 Å². The van der Waals surface area contributed by atoms with Crippen LogP contribution in [-0.2, 0) is 16.4 Å². The van der Waals surface area contributed by atoms with E-state index >= 15 is 0 Å². The number of carbonyl (C=O) groups excluding carboxylic acids is 1. The summed E-state index contributed by atoms with van der Waals surface area (Å²) in [5.41, 5.74) is 2.12. The summed E-state index contributed by atoms with van der Waals surface area (Å²) in [6, 6.07) is 15.0. The van der Waals surface area contributed by atoms with Crippen LogP contribution in [0, 0.1) is 0 Å². The van der Waals surface area contributed by atoms with Crippen LogP contribution in [0.3, 0.4) is 0 Å². The standard InChI is InChI=1S/C23H32N4O5S/c1-31-21-7-3-19(4-8-21)11-12-24-23(28)25-13-18-33(29,30)27-16-14-26(15-17-27)20-5-9-22(32-2)10-6-20/h3-10H,11-18H2,1-2H3,(H2,24,25,28). The molecule has 180 valence electrons. The van der Waals surface area contributed by atoms with Crippen LogP contribution >= 0.6 is 0 Å². The number of rotatable bonds is 10. The topological polar surface area (TPSA) is 100 Å². The van der Waals surface area contributed by atoms with Gasteiger partial charge in [-0.3, -0.25) is 0 Å². The van der Waals surface area contributed by atoms with E-state index in [1.54, 1.807) is 14.2 Å². The van der Waals surface area contributed by atoms with Gasteiger partial charge in [0.25, 0.3) is 0 Å². The predicted molar refractivity (Wildman–Crippen MR) is 129 cm³/mol. The molecule has 1 heterocycles. The minimum absolute atomic E-state index is 0.0649. The summed E-state index contributed by atoms with van der Waals surface area (Å²) < 4.78 is 37.1. The van der Waals surface area contributed by atoms with Crippen molar-refractivity contribution in [1.29, 1.82) is 0 Å². The summed E-state index contributed by atoms with van der Waals surface area (Å²) in [7, 11) is -0.194. The monoisotopic (exact) mass is 476 g/mol. The first kappa shape index (κ1) is 24.7. The molecule has 0 unspecified atom stereocenters. The average Bonchev–Trinajstić information content (AvgIpc) is 2.84. The molecule has 9 nitrogen and oxygen atoms in total. The zero-order valence-electron chi connectivity index (χ0n) is 19.1. The normalized spacial score (nSPS) is 14.5. The number of carbonyl (C=O) groups is 1. The molecule has 1 aliphatic rings. The smallest absolute Gasteiger partial charge is 0.314 e. The number of benzene rings is 2. The van der Waals surface area contributed by atoms with Gasteiger partial charge in [-0.15, -0.1) is 0 Å². The highest BCUT2D eigenvalue weighted by molar-refractivity contribution is 7.89. The molecule has 0 aromatic heterocycles. The minimum Gasteiger partial charge on any atom is -0.497 e. The lowest BCUT2D eigenvalue weighted by molar-refractivity contribution is 0.241. The molecule has 1 fully saturated rings. The van der Waals surface area contributed by atoms with Gasteiger partial charge < -0.3 is 25.0 Å². The summed E-state index contributed by atoms with van der Waals surface area (Å²) in [6.45, 7) is 2.59. The third-order valence-electron chi connectivity index (χ3n) is 5.57. The molecule has 0 saturated carbocycles. The summed E-state index contributed by atoms with van der Waals surface area (Å²) in [6.07, 6.45) is 0.675. The lowest BCUT2D eigenvalue weighted by Gasteiger charge is -2.35. The molecule has 1 saturated heterocycles. The Hall–Kier alpha value is -2.98. The van der Waals surface area contributed by atoms with Gasteiger partial charge in [0.2, 0.25) is 10.0 Å². The molecule has 2 N–H and O–H groups in total. The van der Waals surface area contributed by atoms with Crippen LogP contribution in [-0.4, -0.2) is 78.0 Å². The number of sulfonamides is 1. The molecule has 0 radical (unpaired) electrons. The van der Waals surface area contributed by atoms with Crippen LogP contribution < -0.4 is 25.0 Å². The molecule has 10 heteroatoms. The van der Waals surface area contributed by atoms with E-state index in [1.807, 2.05) is 48.5 Å². The second-order valence-corrected chi connectivity index (χ2v) is 9.77. The van der Waals surface area contributed by atoms with E-state index in [-0.39, 0.29) is 18.3 Å². The predicted octanol–water partition coefficient (Wildman–Crippen LogP) is 1.70. The number of hydrogen-bond donors (Lipinski definition) is 2. The first-order chi connectivity index (χ1) is 15.9. The van der Waals surface area contributed by atoms with Crippen LogP contribution in [0.5, 0.6) is 11.5 Å². The van der Waals surface area contributed by atoms with Crippen LogP contribution in [0.1, 0.15) is 5.56 Å². The molecule has 2 amide bonds. The Balaban J connectivity index is 1.35. The van der Waals surface area contributed by atoms with E-state index in [9.17, 15) is 13.2 Å². The van der Waals surface area contributed by atoms with Crippen LogP contribution in [0.25, 0.3) is 0 Å². The number of piperazine rings is 1. The van der Waals surface area contributed by atoms with Gasteiger partial charge in [0.1, 0.15) is 11.5 Å². The Morgan fingerprint density at radius 2 is 1.39 bits per heavy atom. The van der Waals surface area contributed by atoms with Gasteiger partial charge in [-0.2, -0.15) is 4.31 Å². The zero-order valence-corrected chi connectivity index (χ0v) is 19.9. The summed E-state index contributed by atoms with van der Waals surface area (Å²) >= 11 is 0. The van der Waals surface area contributed by atoms with E-state index in [0.29, 0.717) is 39.1 Å². The van der Waals surface area contributed by atoms with Crippen molar-refractivity contribution >= 4 is 21.7 Å². The highest BCUT2D eigenvalue weighted by atomic mass is 32.2. The summed E-state index contributed by atoms with van der Waals surface area (Å²) in [4.78, 5) is 14.1. The van der Waals surface area contributed by atoms with Crippen LogP contribution in [0.15, 0.2) is 48.5 Å². The first-order valence-electron chi connectivity index (χ1n) is 10.9. The maximum Gasteiger partial charge on any atom is 0.314 e. The fraction of sp³-hybridized carbons (Fsp3) is 0.435. The minimum atomic E-state index is -3.43. The molecule has 1 aliphatic heterocycles. The van der Waals surface area contributed by atoms with E-state index in [4.69, 9.17) is 9.47 Å². The van der Waals surface area contributed by atoms with Crippen LogP contribution in [0.2, 0.25) is 0 Å². The number of ether oxygens (including phenoxy) is 2. The van der Waals surface area contributed by atoms with Gasteiger partial charge in [0, 0.05) is 45.0 Å². The Morgan fingerprint density at radius 3 is 1.97 bits per heavy atom. The first-order valence-corrected chi connectivity index (χ1v) is 12.5. The van der Waals surface area contributed by atoms with Crippen molar-refractivity contribution in [1.82, 2.24) is 14.9 Å². The number of nitrogens with one attached hydrogen (secondary N) is 2. The van der Waals surface area contributed by atoms with E-state index in [0.717, 1.165) is 22.7 Å². The lowest BCUT2D eigenvalue weighted by Crippen LogP contribution is -2.50. The second-order valence-electron chi connectivity index (χ2n) is 7.68. The van der Waals surface area contributed by atoms with E-state index in [2.05, 4.69) is 15.5 Å². The molecule has 0 aliphatic carbocycles. The number of anilines is 1. The van der Waals surface area contributed by atoms with Gasteiger partial charge in [-0.25, -0.2) is 13.2 Å². The molecular weight excluding hydrogens is 444 g/mol. The zero-order chi connectivity index (χ0) is 23.7. The molecule has 3 rings (SSSR count). The van der Waals surface area contributed by atoms with Gasteiger partial charge in [0.05, 0.1) is 20.0 Å². The third kappa shape index (κ3) is 7.26. The van der Waals surface area contributed by atoms with Crippen molar-refractivity contribution in [3.63, 3.8) is 0 Å². The van der Waals surface area contributed by atoms with Gasteiger partial charge >= 0.3 is 6.03 Å². The van der Waals surface area contributed by atoms with Gasteiger partial charge in [-0.05, 0) is 48.4 Å². The maximum atomic E-state index is 12.7. The molecule has 0 atom stereocenters. The Labute approximate surface area is 195 Å². The Bertz CT molecular complexity index is 989. The third-order valence-corrected chi connectivity index (χ3v) is 7.45. The van der Waals surface area contributed by atoms with Crippen molar-refractivity contribution < 1.29 is 22.7 Å². The Kier molecular flexibility index (Phi) is 8.79. The molecule has 33 heavy (non-hydrogen) atoms. The van der Waals surface area contributed by atoms with Crippen LogP contribution in [0.4, 0.5) is 10.5 Å². The molecular formula is C23H32N4O5S. The quantitative estimate of drug-likeness (QED) is 0.542. The number of nitrogens with zero attached hydrogens (tertiary/aromatic N) is 2. The number of methoxy groups -OCH3 is 2. The number of urea groups is 1. The number of amides is 2. The summed E-state index contributed by atoms with van der Waals surface area (Å²) in [5.74, 6) is 1.45. The van der Waals surface area contributed by atoms with Crippen molar-refractivity contribution in [2.75, 3.05) is 64.1 Å². The van der Waals surface area contributed by atoms with Crippen molar-refractivity contribution in [3.05, 3.63) is 54.1 Å². The second kappa shape index (κ2) is 11.8. The van der Waals surface area contributed by atoms with E-state index < -0.39 is 10.0 Å². The summed E-state index contributed by atoms with van der Waals surface area (Å²) in [5, 5.41) is 5.38. The van der Waals surface area contributed by atoms with E-state index in [1.165, 1.54) is 4.31 Å². The fourth-order valence-electron chi connectivity index (χ4n) is 3.62. The van der Waals surface area contributed by atoms with Crippen molar-refractivity contribution in [2.24, 2.45) is 0 Å². The molecule has 0 spiro atoms. The van der Waals surface area contributed by atoms with Gasteiger partial charge in [-0.1, -0.05) is 12.1 Å². The highest BCUT2D eigenvalue weighted by Gasteiger charge is 2.26. The lowest BCUT2D eigenvalue weighted by atomic mass is 10.1. The SMILES string of the molecule is COc1ccc(CCNC(=O)NCCS(=O)(=O)N2CCN(c3ccc(OC)cc3)CC2)cc1.